The number of carboxylic acid groups (broad SMARTS) is 1. The van der Waals surface area contributed by atoms with Gasteiger partial charge in [0.2, 0.25) is 0 Å². The fourth-order valence-electron chi connectivity index (χ4n) is 1.86. The van der Waals surface area contributed by atoms with E-state index in [0.717, 1.165) is 16.0 Å². The molecule has 1 fully saturated rings. The molecule has 0 spiro atoms. The average Bonchev–Trinajstić information content (AvgIpc) is 3.01. The molecule has 0 heterocycles. The molecule has 2 nitrogen and oxygen atoms in total. The van der Waals surface area contributed by atoms with Crippen LogP contribution in [0.5, 0.6) is 0 Å². The number of hydrogen-bond acceptors (Lipinski definition) is 1. The maximum absolute atomic E-state index is 10.8. The zero-order valence-electron chi connectivity index (χ0n) is 9.24. The molecule has 0 amide bonds. The van der Waals surface area contributed by atoms with Crippen LogP contribution in [0.2, 0.25) is 0 Å². The Morgan fingerprint density at radius 2 is 2.25 bits per heavy atom. The lowest BCUT2D eigenvalue weighted by Crippen LogP contribution is -2.12. The molecular weight excluding hydrogens is 268 g/mol. The van der Waals surface area contributed by atoms with E-state index < -0.39 is 5.97 Å². The standard InChI is InChI=1S/C13H15BrO2/c1-8(13(15)16)6-9-2-5-11(10-3-4-10)12(14)7-9/h2,5,7-8,10H,3-4,6H2,1H3,(H,15,16). The molecule has 1 atom stereocenters. The zero-order chi connectivity index (χ0) is 11.7. The number of halogens is 1. The van der Waals surface area contributed by atoms with Gasteiger partial charge in [-0.15, -0.1) is 0 Å². The van der Waals surface area contributed by atoms with E-state index in [9.17, 15) is 4.79 Å². The molecule has 1 aliphatic rings. The van der Waals surface area contributed by atoms with Gasteiger partial charge in [0.15, 0.2) is 0 Å². The Labute approximate surface area is 104 Å². The van der Waals surface area contributed by atoms with E-state index in [2.05, 4.69) is 34.1 Å². The van der Waals surface area contributed by atoms with Crippen LogP contribution in [0.4, 0.5) is 0 Å². The first-order chi connectivity index (χ1) is 7.58. The molecule has 1 N–H and O–H groups in total. The normalized spacial score (nSPS) is 17.1. The van der Waals surface area contributed by atoms with Gasteiger partial charge < -0.3 is 5.11 Å². The molecule has 0 aliphatic heterocycles. The highest BCUT2D eigenvalue weighted by atomic mass is 79.9. The number of carboxylic acids is 1. The number of rotatable bonds is 4. The van der Waals surface area contributed by atoms with Crippen molar-refractivity contribution in [3.63, 3.8) is 0 Å². The van der Waals surface area contributed by atoms with Crippen molar-refractivity contribution in [3.05, 3.63) is 33.8 Å². The van der Waals surface area contributed by atoms with Gasteiger partial charge in [-0.3, -0.25) is 4.79 Å². The third kappa shape index (κ3) is 2.64. The van der Waals surface area contributed by atoms with E-state index in [4.69, 9.17) is 5.11 Å². The molecule has 1 aromatic rings. The summed E-state index contributed by atoms with van der Waals surface area (Å²) in [6.45, 7) is 1.74. The monoisotopic (exact) mass is 282 g/mol. The van der Waals surface area contributed by atoms with E-state index >= 15 is 0 Å². The molecule has 0 radical (unpaired) electrons. The van der Waals surface area contributed by atoms with Gasteiger partial charge in [-0.1, -0.05) is 35.0 Å². The van der Waals surface area contributed by atoms with Gasteiger partial charge in [0.1, 0.15) is 0 Å². The van der Waals surface area contributed by atoms with E-state index in [-0.39, 0.29) is 5.92 Å². The van der Waals surface area contributed by atoms with Gasteiger partial charge in [-0.05, 0) is 42.4 Å². The summed E-state index contributed by atoms with van der Waals surface area (Å²) in [4.78, 5) is 10.8. The van der Waals surface area contributed by atoms with Crippen molar-refractivity contribution in [2.24, 2.45) is 5.92 Å². The Morgan fingerprint density at radius 3 is 2.75 bits per heavy atom. The summed E-state index contributed by atoms with van der Waals surface area (Å²) in [5.41, 5.74) is 2.46. The predicted octanol–water partition coefficient (Wildman–Crippen LogP) is 3.59. The second kappa shape index (κ2) is 4.58. The molecule has 1 aliphatic carbocycles. The molecule has 1 saturated carbocycles. The van der Waals surface area contributed by atoms with Crippen molar-refractivity contribution in [1.29, 1.82) is 0 Å². The van der Waals surface area contributed by atoms with Crippen LogP contribution in [-0.2, 0) is 11.2 Å². The van der Waals surface area contributed by atoms with Gasteiger partial charge in [0.25, 0.3) is 0 Å². The molecule has 16 heavy (non-hydrogen) atoms. The quantitative estimate of drug-likeness (QED) is 0.916. The Bertz CT molecular complexity index is 410. The summed E-state index contributed by atoms with van der Waals surface area (Å²) in [6, 6.07) is 6.25. The minimum atomic E-state index is -0.734. The highest BCUT2D eigenvalue weighted by molar-refractivity contribution is 9.10. The van der Waals surface area contributed by atoms with Gasteiger partial charge in [-0.25, -0.2) is 0 Å². The Balaban J connectivity index is 2.11. The van der Waals surface area contributed by atoms with Gasteiger partial charge in [-0.2, -0.15) is 0 Å². The molecule has 86 valence electrons. The van der Waals surface area contributed by atoms with Crippen molar-refractivity contribution in [2.75, 3.05) is 0 Å². The largest absolute Gasteiger partial charge is 0.481 e. The van der Waals surface area contributed by atoms with Crippen LogP contribution in [0, 0.1) is 5.92 Å². The smallest absolute Gasteiger partial charge is 0.306 e. The summed E-state index contributed by atoms with van der Waals surface area (Å²) in [5, 5.41) is 8.85. The molecule has 0 bridgehead atoms. The molecule has 0 aromatic heterocycles. The Kier molecular flexibility index (Phi) is 3.33. The van der Waals surface area contributed by atoms with E-state index in [1.807, 2.05) is 0 Å². The summed E-state index contributed by atoms with van der Waals surface area (Å²) in [7, 11) is 0. The maximum Gasteiger partial charge on any atom is 0.306 e. The van der Waals surface area contributed by atoms with E-state index in [1.54, 1.807) is 6.92 Å². The van der Waals surface area contributed by atoms with Crippen LogP contribution in [0.25, 0.3) is 0 Å². The number of benzene rings is 1. The fourth-order valence-corrected chi connectivity index (χ4v) is 2.61. The second-order valence-corrected chi connectivity index (χ2v) is 5.43. The molecular formula is C13H15BrO2. The number of hydrogen-bond donors (Lipinski definition) is 1. The highest BCUT2D eigenvalue weighted by Crippen LogP contribution is 2.43. The van der Waals surface area contributed by atoms with Crippen LogP contribution in [0.15, 0.2) is 22.7 Å². The molecule has 3 heteroatoms. The predicted molar refractivity (Wildman–Crippen MR) is 66.6 cm³/mol. The second-order valence-electron chi connectivity index (χ2n) is 4.57. The highest BCUT2D eigenvalue weighted by Gasteiger charge is 2.25. The minimum absolute atomic E-state index is 0.321. The first-order valence-corrected chi connectivity index (χ1v) is 6.38. The SMILES string of the molecule is CC(Cc1ccc(C2CC2)c(Br)c1)C(=O)O. The lowest BCUT2D eigenvalue weighted by atomic mass is 9.99. The van der Waals surface area contributed by atoms with Gasteiger partial charge >= 0.3 is 5.97 Å². The molecule has 0 saturated heterocycles. The van der Waals surface area contributed by atoms with E-state index in [1.165, 1.54) is 18.4 Å². The summed E-state index contributed by atoms with van der Waals surface area (Å²) >= 11 is 3.57. The van der Waals surface area contributed by atoms with Gasteiger partial charge in [0, 0.05) is 4.47 Å². The third-order valence-corrected chi connectivity index (χ3v) is 3.73. The summed E-state index contributed by atoms with van der Waals surface area (Å²) in [5.74, 6) is -0.332. The van der Waals surface area contributed by atoms with Crippen LogP contribution in [0.1, 0.15) is 36.8 Å². The van der Waals surface area contributed by atoms with Crippen molar-refractivity contribution in [2.45, 2.75) is 32.1 Å². The Hall–Kier alpha value is -0.830. The third-order valence-electron chi connectivity index (χ3n) is 3.05. The molecule has 1 unspecified atom stereocenters. The topological polar surface area (TPSA) is 37.3 Å². The number of aliphatic carboxylic acids is 1. The first kappa shape index (κ1) is 11.6. The number of carbonyl (C=O) groups is 1. The minimum Gasteiger partial charge on any atom is -0.481 e. The van der Waals surface area contributed by atoms with Crippen LogP contribution >= 0.6 is 15.9 Å². The zero-order valence-corrected chi connectivity index (χ0v) is 10.8. The van der Waals surface area contributed by atoms with Crippen LogP contribution in [0.3, 0.4) is 0 Å². The van der Waals surface area contributed by atoms with Gasteiger partial charge in [0.05, 0.1) is 5.92 Å². The average molecular weight is 283 g/mol. The summed E-state index contributed by atoms with van der Waals surface area (Å²) in [6.07, 6.45) is 3.16. The van der Waals surface area contributed by atoms with Crippen molar-refractivity contribution in [3.8, 4) is 0 Å². The lowest BCUT2D eigenvalue weighted by Gasteiger charge is -2.09. The van der Waals surface area contributed by atoms with Crippen LogP contribution in [-0.4, -0.2) is 11.1 Å². The van der Waals surface area contributed by atoms with Crippen molar-refractivity contribution < 1.29 is 9.90 Å². The van der Waals surface area contributed by atoms with Crippen molar-refractivity contribution >= 4 is 21.9 Å². The fraction of sp³-hybridized carbons (Fsp3) is 0.462. The van der Waals surface area contributed by atoms with E-state index in [0.29, 0.717) is 6.42 Å². The van der Waals surface area contributed by atoms with Crippen LogP contribution < -0.4 is 0 Å². The summed E-state index contributed by atoms with van der Waals surface area (Å²) < 4.78 is 1.13. The Morgan fingerprint density at radius 1 is 1.56 bits per heavy atom. The first-order valence-electron chi connectivity index (χ1n) is 5.59. The van der Waals surface area contributed by atoms with Crippen molar-refractivity contribution in [1.82, 2.24) is 0 Å². The maximum atomic E-state index is 10.8. The molecule has 2 rings (SSSR count). The lowest BCUT2D eigenvalue weighted by molar-refractivity contribution is -0.141. The molecule has 1 aromatic carbocycles.